The van der Waals surface area contributed by atoms with Crippen molar-refractivity contribution < 1.29 is 19.1 Å². The Kier molecular flexibility index (Phi) is 7.62. The van der Waals surface area contributed by atoms with Gasteiger partial charge in [-0.05, 0) is 31.0 Å². The number of imidazole rings is 1. The summed E-state index contributed by atoms with van der Waals surface area (Å²) in [7, 11) is 1.28. The van der Waals surface area contributed by atoms with Crippen molar-refractivity contribution in [2.45, 2.75) is 32.1 Å². The van der Waals surface area contributed by atoms with E-state index >= 15 is 0 Å². The summed E-state index contributed by atoms with van der Waals surface area (Å²) in [6.45, 7) is 6.13. The van der Waals surface area contributed by atoms with E-state index in [0.717, 1.165) is 12.8 Å². The number of anilines is 2. The van der Waals surface area contributed by atoms with Gasteiger partial charge in [-0.1, -0.05) is 19.4 Å². The number of ether oxygens (including phenoxy) is 2. The highest BCUT2D eigenvalue weighted by Gasteiger charge is 2.24. The lowest BCUT2D eigenvalue weighted by Crippen LogP contribution is -2.17. The molecule has 1 atom stereocenters. The number of aromatic amines is 1. The Morgan fingerprint density at radius 3 is 2.86 bits per heavy atom. The molecule has 1 heterocycles. The summed E-state index contributed by atoms with van der Waals surface area (Å²) in [4.78, 5) is 31.2. The molecule has 0 aliphatic carbocycles. The topological polar surface area (TPSA) is 119 Å². The Labute approximate surface area is 164 Å². The van der Waals surface area contributed by atoms with E-state index < -0.39 is 12.0 Å². The standard InChI is InChI=1S/C20H26N4O4/c1-4-6-10-28-19(25)15(7-5-2)18-22-12-17(24-18)14-9-8-13(11-16(14)21)23-20(26)27-3/h5,8-9,11-12,15H,2,4,6-7,10,21H2,1,3H3,(H,22,24)(H,23,26). The van der Waals surface area contributed by atoms with Gasteiger partial charge in [0.15, 0.2) is 0 Å². The van der Waals surface area contributed by atoms with E-state index in [4.69, 9.17) is 10.5 Å². The fraction of sp³-hybridized carbons (Fsp3) is 0.350. The molecule has 8 heteroatoms. The number of amides is 1. The monoisotopic (exact) mass is 386 g/mol. The van der Waals surface area contributed by atoms with Crippen LogP contribution in [0.3, 0.4) is 0 Å². The number of hydrogen-bond acceptors (Lipinski definition) is 6. The van der Waals surface area contributed by atoms with Crippen LogP contribution in [0.15, 0.2) is 37.1 Å². The Balaban J connectivity index is 2.20. The molecule has 4 N–H and O–H groups in total. The number of methoxy groups -OCH3 is 1. The third kappa shape index (κ3) is 5.35. The Hall–Kier alpha value is -3.29. The zero-order valence-corrected chi connectivity index (χ0v) is 16.2. The minimum Gasteiger partial charge on any atom is -0.465 e. The maximum Gasteiger partial charge on any atom is 0.411 e. The predicted octanol–water partition coefficient (Wildman–Crippen LogP) is 3.84. The average molecular weight is 386 g/mol. The number of allylic oxidation sites excluding steroid dienone is 1. The minimum absolute atomic E-state index is 0.333. The Morgan fingerprint density at radius 2 is 2.21 bits per heavy atom. The number of carbonyl (C=O) groups excluding carboxylic acids is 2. The lowest BCUT2D eigenvalue weighted by Gasteiger charge is -2.12. The van der Waals surface area contributed by atoms with Crippen molar-refractivity contribution in [2.75, 3.05) is 24.8 Å². The first-order valence-corrected chi connectivity index (χ1v) is 9.07. The van der Waals surface area contributed by atoms with Gasteiger partial charge in [-0.2, -0.15) is 0 Å². The summed E-state index contributed by atoms with van der Waals surface area (Å²) in [5, 5.41) is 2.55. The number of benzene rings is 1. The molecule has 0 bridgehead atoms. The minimum atomic E-state index is -0.579. The summed E-state index contributed by atoms with van der Waals surface area (Å²) < 4.78 is 9.89. The second-order valence-electron chi connectivity index (χ2n) is 6.20. The fourth-order valence-corrected chi connectivity index (χ4v) is 2.61. The van der Waals surface area contributed by atoms with Gasteiger partial charge in [0.1, 0.15) is 11.7 Å². The second-order valence-corrected chi connectivity index (χ2v) is 6.20. The quantitative estimate of drug-likeness (QED) is 0.261. The van der Waals surface area contributed by atoms with Crippen molar-refractivity contribution in [3.8, 4) is 11.3 Å². The molecule has 8 nitrogen and oxygen atoms in total. The number of H-pyrrole nitrogens is 1. The molecule has 2 aromatic rings. The molecule has 0 aliphatic rings. The number of nitrogens with zero attached hydrogens (tertiary/aromatic N) is 1. The molecule has 1 amide bonds. The number of hydrogen-bond donors (Lipinski definition) is 3. The van der Waals surface area contributed by atoms with Crippen LogP contribution in [-0.4, -0.2) is 35.7 Å². The summed E-state index contributed by atoms with van der Waals surface area (Å²) in [6, 6.07) is 5.07. The van der Waals surface area contributed by atoms with Crippen LogP contribution in [0.1, 0.15) is 37.9 Å². The van der Waals surface area contributed by atoms with Crippen molar-refractivity contribution in [1.29, 1.82) is 0 Å². The largest absolute Gasteiger partial charge is 0.465 e. The average Bonchev–Trinajstić information content (AvgIpc) is 3.15. The van der Waals surface area contributed by atoms with Crippen LogP contribution in [0.2, 0.25) is 0 Å². The van der Waals surface area contributed by atoms with Crippen LogP contribution in [0, 0.1) is 0 Å². The van der Waals surface area contributed by atoms with Crippen molar-refractivity contribution in [3.63, 3.8) is 0 Å². The molecule has 28 heavy (non-hydrogen) atoms. The lowest BCUT2D eigenvalue weighted by atomic mass is 10.1. The van der Waals surface area contributed by atoms with Gasteiger partial charge in [-0.25, -0.2) is 9.78 Å². The highest BCUT2D eigenvalue weighted by molar-refractivity contribution is 5.87. The molecule has 0 spiro atoms. The maximum absolute atomic E-state index is 12.4. The van der Waals surface area contributed by atoms with Gasteiger partial charge in [-0.3, -0.25) is 10.1 Å². The number of nitrogens with one attached hydrogen (secondary N) is 2. The number of rotatable bonds is 9. The number of nitrogens with two attached hydrogens (primary N) is 1. The highest BCUT2D eigenvalue weighted by Crippen LogP contribution is 2.29. The molecule has 0 radical (unpaired) electrons. The first-order chi connectivity index (χ1) is 13.5. The van der Waals surface area contributed by atoms with Crippen LogP contribution in [-0.2, 0) is 14.3 Å². The number of unbranched alkanes of at least 4 members (excludes halogenated alkanes) is 1. The van der Waals surface area contributed by atoms with Crippen molar-refractivity contribution in [2.24, 2.45) is 0 Å². The van der Waals surface area contributed by atoms with Gasteiger partial charge in [-0.15, -0.1) is 6.58 Å². The van der Waals surface area contributed by atoms with Gasteiger partial charge >= 0.3 is 12.1 Å². The zero-order valence-electron chi connectivity index (χ0n) is 16.2. The SMILES string of the molecule is C=CCC(C(=O)OCCCC)c1ncc(-c2ccc(NC(=O)OC)cc2N)[nH]1. The second kappa shape index (κ2) is 10.1. The van der Waals surface area contributed by atoms with E-state index in [1.807, 2.05) is 6.92 Å². The van der Waals surface area contributed by atoms with E-state index in [1.165, 1.54) is 7.11 Å². The van der Waals surface area contributed by atoms with Gasteiger partial charge in [0.25, 0.3) is 0 Å². The first kappa shape index (κ1) is 21.0. The molecule has 1 unspecified atom stereocenters. The maximum atomic E-state index is 12.4. The molecule has 0 aliphatic heterocycles. The van der Waals surface area contributed by atoms with Crippen LogP contribution < -0.4 is 11.1 Å². The molecule has 0 saturated heterocycles. The van der Waals surface area contributed by atoms with E-state index in [9.17, 15) is 9.59 Å². The summed E-state index contributed by atoms with van der Waals surface area (Å²) in [5.41, 5.74) is 8.42. The Bertz CT molecular complexity index is 831. The van der Waals surface area contributed by atoms with E-state index in [-0.39, 0.29) is 5.97 Å². The van der Waals surface area contributed by atoms with Crippen LogP contribution in [0.4, 0.5) is 16.2 Å². The van der Waals surface area contributed by atoms with E-state index in [1.54, 1.807) is 30.5 Å². The predicted molar refractivity (Wildman–Crippen MR) is 108 cm³/mol. The first-order valence-electron chi connectivity index (χ1n) is 9.07. The summed E-state index contributed by atoms with van der Waals surface area (Å²) in [6.07, 6.45) is 4.88. The third-order valence-corrected chi connectivity index (χ3v) is 4.13. The molecule has 0 fully saturated rings. The van der Waals surface area contributed by atoms with Gasteiger partial charge in [0.2, 0.25) is 0 Å². The van der Waals surface area contributed by atoms with Crippen LogP contribution in [0.5, 0.6) is 0 Å². The highest BCUT2D eigenvalue weighted by atomic mass is 16.5. The van der Waals surface area contributed by atoms with Gasteiger partial charge in [0, 0.05) is 16.9 Å². The Morgan fingerprint density at radius 1 is 1.43 bits per heavy atom. The van der Waals surface area contributed by atoms with Crippen LogP contribution >= 0.6 is 0 Å². The number of carbonyl (C=O) groups is 2. The zero-order chi connectivity index (χ0) is 20.5. The molecule has 0 saturated carbocycles. The molecular weight excluding hydrogens is 360 g/mol. The molecular formula is C20H26N4O4. The molecule has 1 aromatic carbocycles. The fourth-order valence-electron chi connectivity index (χ4n) is 2.61. The normalized spacial score (nSPS) is 11.5. The number of nitrogen functional groups attached to an aromatic ring is 1. The third-order valence-electron chi connectivity index (χ3n) is 4.13. The smallest absolute Gasteiger partial charge is 0.411 e. The van der Waals surface area contributed by atoms with E-state index in [0.29, 0.717) is 41.5 Å². The van der Waals surface area contributed by atoms with E-state index in [2.05, 4.69) is 26.6 Å². The van der Waals surface area contributed by atoms with Gasteiger partial charge in [0.05, 0.1) is 25.6 Å². The molecule has 150 valence electrons. The number of esters is 1. The molecule has 2 rings (SSSR count). The lowest BCUT2D eigenvalue weighted by molar-refractivity contribution is -0.145. The van der Waals surface area contributed by atoms with Crippen molar-refractivity contribution in [1.82, 2.24) is 9.97 Å². The van der Waals surface area contributed by atoms with Crippen LogP contribution in [0.25, 0.3) is 11.3 Å². The van der Waals surface area contributed by atoms with Crippen molar-refractivity contribution in [3.05, 3.63) is 42.9 Å². The molecule has 1 aromatic heterocycles. The van der Waals surface area contributed by atoms with Gasteiger partial charge < -0.3 is 20.2 Å². The summed E-state index contributed by atoms with van der Waals surface area (Å²) in [5.74, 6) is -0.392. The summed E-state index contributed by atoms with van der Waals surface area (Å²) >= 11 is 0. The number of aromatic nitrogens is 2. The van der Waals surface area contributed by atoms with Crippen molar-refractivity contribution >= 4 is 23.4 Å².